The zero-order chi connectivity index (χ0) is 12.7. The van der Waals surface area contributed by atoms with Crippen LogP contribution >= 0.6 is 0 Å². The molecule has 0 aliphatic heterocycles. The Hall–Kier alpha value is -1.20. The molecule has 1 aromatic rings. The van der Waals surface area contributed by atoms with Crippen molar-refractivity contribution in [2.75, 3.05) is 18.1 Å². The first-order valence-corrected chi connectivity index (χ1v) is 7.07. The van der Waals surface area contributed by atoms with Gasteiger partial charge in [-0.15, -0.1) is 0 Å². The molecule has 0 saturated heterocycles. The highest BCUT2D eigenvalue weighted by Crippen LogP contribution is 2.08. The maximum Gasteiger partial charge on any atom is 0.241 e. The summed E-state index contributed by atoms with van der Waals surface area (Å²) in [4.78, 5) is 11.7. The van der Waals surface area contributed by atoms with Crippen molar-refractivity contribution in [2.24, 2.45) is 5.73 Å². The zero-order valence-corrected chi connectivity index (χ0v) is 10.7. The van der Waals surface area contributed by atoms with Gasteiger partial charge in [0.25, 0.3) is 0 Å². The molecule has 1 rings (SSSR count). The van der Waals surface area contributed by atoms with Gasteiger partial charge in [0.05, 0.1) is 0 Å². The summed E-state index contributed by atoms with van der Waals surface area (Å²) >= 11 is 0. The molecule has 0 radical (unpaired) electrons. The number of carbonyl (C=O) groups excluding carboxylic acids is 1. The molecular weight excluding hydrogens is 236 g/mol. The van der Waals surface area contributed by atoms with Crippen LogP contribution in [0.4, 0.5) is 0 Å². The lowest BCUT2D eigenvalue weighted by Crippen LogP contribution is -2.36. The van der Waals surface area contributed by atoms with Gasteiger partial charge < -0.3 is 11.1 Å². The molecule has 0 fully saturated rings. The van der Waals surface area contributed by atoms with E-state index in [1.54, 1.807) is 0 Å². The Morgan fingerprint density at radius 3 is 2.65 bits per heavy atom. The van der Waals surface area contributed by atoms with E-state index in [4.69, 9.17) is 5.73 Å². The molecule has 0 heterocycles. The maximum atomic E-state index is 11.7. The van der Waals surface area contributed by atoms with Gasteiger partial charge in [0, 0.05) is 28.9 Å². The molecule has 2 atom stereocenters. The van der Waals surface area contributed by atoms with E-state index in [1.165, 1.54) is 0 Å². The fourth-order valence-corrected chi connectivity index (χ4v) is 1.97. The first-order valence-electron chi connectivity index (χ1n) is 5.58. The summed E-state index contributed by atoms with van der Waals surface area (Å²) < 4.78 is 11.2. The van der Waals surface area contributed by atoms with Crippen molar-refractivity contribution in [2.45, 2.75) is 13.0 Å². The number of nitrogens with one attached hydrogen (secondary N) is 1. The second-order valence-electron chi connectivity index (χ2n) is 3.61. The van der Waals surface area contributed by atoms with E-state index in [0.717, 1.165) is 5.56 Å². The molecule has 3 N–H and O–H groups in total. The molecule has 0 aromatic heterocycles. The molecular formula is C12H18N2O2S. The molecule has 2 unspecified atom stereocenters. The molecule has 5 heteroatoms. The summed E-state index contributed by atoms with van der Waals surface area (Å²) in [6.07, 6.45) is 0. The highest BCUT2D eigenvalue weighted by Gasteiger charge is 2.14. The Morgan fingerprint density at radius 2 is 2.06 bits per heavy atom. The topological polar surface area (TPSA) is 72.2 Å². The van der Waals surface area contributed by atoms with E-state index < -0.39 is 16.8 Å². The van der Waals surface area contributed by atoms with Crippen molar-refractivity contribution in [1.29, 1.82) is 0 Å². The standard InChI is InChI=1S/C12H18N2O2S/c1-2-17(16)9-8-14-12(15)11(13)10-6-4-3-5-7-10/h3-7,11H,2,8-9,13H2,1H3,(H,14,15). The highest BCUT2D eigenvalue weighted by molar-refractivity contribution is 7.84. The van der Waals surface area contributed by atoms with Crippen molar-refractivity contribution >= 4 is 16.7 Å². The normalized spacial score (nSPS) is 14.0. The molecule has 0 aliphatic carbocycles. The zero-order valence-electron chi connectivity index (χ0n) is 9.89. The monoisotopic (exact) mass is 254 g/mol. The Balaban J connectivity index is 2.40. The molecule has 94 valence electrons. The van der Waals surface area contributed by atoms with Crippen molar-refractivity contribution in [3.8, 4) is 0 Å². The third-order valence-electron chi connectivity index (χ3n) is 2.39. The smallest absolute Gasteiger partial charge is 0.241 e. The lowest BCUT2D eigenvalue weighted by molar-refractivity contribution is -0.122. The van der Waals surface area contributed by atoms with Crippen LogP contribution in [0.3, 0.4) is 0 Å². The average Bonchev–Trinajstić information content (AvgIpc) is 2.38. The Labute approximate surface area is 104 Å². The number of nitrogens with two attached hydrogens (primary N) is 1. The average molecular weight is 254 g/mol. The predicted octanol–water partition coefficient (Wildman–Crippen LogP) is 0.571. The van der Waals surface area contributed by atoms with Crippen LogP contribution in [-0.4, -0.2) is 28.2 Å². The number of hydrogen-bond donors (Lipinski definition) is 2. The summed E-state index contributed by atoms with van der Waals surface area (Å²) in [5.41, 5.74) is 6.58. The molecule has 0 aliphatic rings. The fourth-order valence-electron chi connectivity index (χ4n) is 1.35. The molecule has 0 saturated carbocycles. The van der Waals surface area contributed by atoms with E-state index in [9.17, 15) is 9.00 Å². The minimum atomic E-state index is -0.857. The minimum absolute atomic E-state index is 0.232. The molecule has 4 nitrogen and oxygen atoms in total. The summed E-state index contributed by atoms with van der Waals surface area (Å²) in [6.45, 7) is 2.26. The summed E-state index contributed by atoms with van der Waals surface area (Å²) in [6, 6.07) is 8.52. The van der Waals surface area contributed by atoms with E-state index in [1.807, 2.05) is 37.3 Å². The molecule has 1 amide bonds. The van der Waals surface area contributed by atoms with Gasteiger partial charge in [-0.2, -0.15) is 0 Å². The first kappa shape index (κ1) is 13.9. The first-order chi connectivity index (χ1) is 8.15. The van der Waals surface area contributed by atoms with Crippen LogP contribution in [-0.2, 0) is 15.6 Å². The Kier molecular flexibility index (Phi) is 5.86. The van der Waals surface area contributed by atoms with E-state index in [-0.39, 0.29) is 5.91 Å². The van der Waals surface area contributed by atoms with Crippen LogP contribution in [0, 0.1) is 0 Å². The summed E-state index contributed by atoms with van der Waals surface area (Å²) in [7, 11) is -0.857. The third-order valence-corrected chi connectivity index (χ3v) is 3.70. The fraction of sp³-hybridized carbons (Fsp3) is 0.417. The van der Waals surface area contributed by atoms with Gasteiger partial charge in [0.15, 0.2) is 0 Å². The van der Waals surface area contributed by atoms with Gasteiger partial charge in [-0.25, -0.2) is 0 Å². The van der Waals surface area contributed by atoms with Crippen molar-refractivity contribution in [3.05, 3.63) is 35.9 Å². The van der Waals surface area contributed by atoms with E-state index in [2.05, 4.69) is 5.32 Å². The summed E-state index contributed by atoms with van der Waals surface area (Å²) in [5, 5.41) is 2.69. The van der Waals surface area contributed by atoms with Gasteiger partial charge in [-0.3, -0.25) is 9.00 Å². The van der Waals surface area contributed by atoms with Crippen molar-refractivity contribution < 1.29 is 9.00 Å². The largest absolute Gasteiger partial charge is 0.354 e. The van der Waals surface area contributed by atoms with Crippen molar-refractivity contribution in [3.63, 3.8) is 0 Å². The van der Waals surface area contributed by atoms with Gasteiger partial charge in [0.2, 0.25) is 5.91 Å². The van der Waals surface area contributed by atoms with Crippen LogP contribution in [0.25, 0.3) is 0 Å². The van der Waals surface area contributed by atoms with Crippen LogP contribution in [0.15, 0.2) is 30.3 Å². The lowest BCUT2D eigenvalue weighted by Gasteiger charge is -2.12. The predicted molar refractivity (Wildman–Crippen MR) is 69.9 cm³/mol. The minimum Gasteiger partial charge on any atom is -0.354 e. The Bertz CT molecular complexity index is 381. The van der Waals surface area contributed by atoms with Crippen LogP contribution in [0.1, 0.15) is 18.5 Å². The van der Waals surface area contributed by atoms with Crippen molar-refractivity contribution in [1.82, 2.24) is 5.32 Å². The van der Waals surface area contributed by atoms with Crippen LogP contribution in [0.5, 0.6) is 0 Å². The molecule has 17 heavy (non-hydrogen) atoms. The number of benzene rings is 1. The lowest BCUT2D eigenvalue weighted by atomic mass is 10.1. The SMILES string of the molecule is CCS(=O)CCNC(=O)C(N)c1ccccc1. The third kappa shape index (κ3) is 4.66. The maximum absolute atomic E-state index is 11.7. The second-order valence-corrected chi connectivity index (χ2v) is 5.48. The van der Waals surface area contributed by atoms with Gasteiger partial charge >= 0.3 is 0 Å². The number of amides is 1. The van der Waals surface area contributed by atoms with E-state index in [0.29, 0.717) is 18.1 Å². The molecule has 0 spiro atoms. The Morgan fingerprint density at radius 1 is 1.41 bits per heavy atom. The number of hydrogen-bond acceptors (Lipinski definition) is 3. The van der Waals surface area contributed by atoms with E-state index >= 15 is 0 Å². The van der Waals surface area contributed by atoms with Crippen LogP contribution in [0.2, 0.25) is 0 Å². The highest BCUT2D eigenvalue weighted by atomic mass is 32.2. The van der Waals surface area contributed by atoms with Gasteiger partial charge in [-0.05, 0) is 5.56 Å². The number of carbonyl (C=O) groups is 1. The molecule has 1 aromatic carbocycles. The summed E-state index contributed by atoms with van der Waals surface area (Å²) in [5.74, 6) is 0.856. The van der Waals surface area contributed by atoms with Gasteiger partial charge in [-0.1, -0.05) is 37.3 Å². The number of rotatable bonds is 6. The van der Waals surface area contributed by atoms with Crippen LogP contribution < -0.4 is 11.1 Å². The van der Waals surface area contributed by atoms with Gasteiger partial charge in [0.1, 0.15) is 6.04 Å². The quantitative estimate of drug-likeness (QED) is 0.779. The molecule has 0 bridgehead atoms. The second kappa shape index (κ2) is 7.19.